The summed E-state index contributed by atoms with van der Waals surface area (Å²) in [5.41, 5.74) is 0.336. The number of nitrogens with one attached hydrogen (secondary N) is 1. The van der Waals surface area contributed by atoms with E-state index in [2.05, 4.69) is 30.2 Å². The van der Waals surface area contributed by atoms with Gasteiger partial charge in [-0.2, -0.15) is 0 Å². The molecule has 1 atom stereocenters. The maximum Gasteiger partial charge on any atom is 0.134 e. The molecule has 1 saturated carbocycles. The van der Waals surface area contributed by atoms with Crippen molar-refractivity contribution in [3.8, 4) is 5.75 Å². The monoisotopic (exact) mass is 270 g/mol. The highest BCUT2D eigenvalue weighted by atomic mass is 16.5. The Bertz CT molecular complexity index is 621. The number of nitrogens with zero attached hydrogens (tertiary/aromatic N) is 1. The molecule has 0 aliphatic heterocycles. The summed E-state index contributed by atoms with van der Waals surface area (Å²) in [6.07, 6.45) is 5.64. The number of pyridine rings is 1. The van der Waals surface area contributed by atoms with Crippen LogP contribution in [0.2, 0.25) is 0 Å². The minimum atomic E-state index is 0.336. The van der Waals surface area contributed by atoms with Gasteiger partial charge >= 0.3 is 0 Å². The lowest BCUT2D eigenvalue weighted by Crippen LogP contribution is -2.31. The van der Waals surface area contributed by atoms with Gasteiger partial charge in [0.1, 0.15) is 11.6 Å². The van der Waals surface area contributed by atoms with Gasteiger partial charge in [-0.3, -0.25) is 0 Å². The molecule has 0 spiro atoms. The lowest BCUT2D eigenvalue weighted by atomic mass is 9.87. The second kappa shape index (κ2) is 4.97. The first-order valence-corrected chi connectivity index (χ1v) is 7.30. The number of aromatic nitrogens is 1. The Kier molecular flexibility index (Phi) is 3.28. The molecule has 3 heteroatoms. The molecule has 2 aromatic rings. The smallest absolute Gasteiger partial charge is 0.134 e. The van der Waals surface area contributed by atoms with Crippen LogP contribution in [0.5, 0.6) is 5.75 Å². The van der Waals surface area contributed by atoms with E-state index in [-0.39, 0.29) is 0 Å². The highest BCUT2D eigenvalue weighted by Crippen LogP contribution is 2.40. The predicted octanol–water partition coefficient (Wildman–Crippen LogP) is 4.23. The summed E-state index contributed by atoms with van der Waals surface area (Å²) in [7, 11) is 1.71. The lowest BCUT2D eigenvalue weighted by molar-refractivity contribution is 0.349. The van der Waals surface area contributed by atoms with E-state index >= 15 is 0 Å². The van der Waals surface area contributed by atoms with Crippen molar-refractivity contribution in [3.05, 3.63) is 30.5 Å². The molecule has 20 heavy (non-hydrogen) atoms. The number of fused-ring (bicyclic) bond motifs is 1. The average Bonchev–Trinajstić information content (AvgIpc) is 2.77. The molecule has 0 amide bonds. The fourth-order valence-electron chi connectivity index (χ4n) is 3.23. The van der Waals surface area contributed by atoms with Gasteiger partial charge < -0.3 is 10.1 Å². The molecular formula is C17H22N2O. The number of rotatable bonds is 3. The van der Waals surface area contributed by atoms with Gasteiger partial charge in [-0.15, -0.1) is 0 Å². The van der Waals surface area contributed by atoms with Gasteiger partial charge in [0.05, 0.1) is 7.11 Å². The second-order valence-electron chi connectivity index (χ2n) is 6.29. The SMILES string of the molecule is COc1cccc2c(NC3CCCC3(C)C)nccc12. The van der Waals surface area contributed by atoms with E-state index in [0.29, 0.717) is 11.5 Å². The molecule has 106 valence electrons. The molecule has 0 radical (unpaired) electrons. The molecule has 3 rings (SSSR count). The van der Waals surface area contributed by atoms with Crippen LogP contribution >= 0.6 is 0 Å². The molecule has 0 saturated heterocycles. The molecule has 0 bridgehead atoms. The van der Waals surface area contributed by atoms with Crippen molar-refractivity contribution >= 4 is 16.6 Å². The fourth-order valence-corrected chi connectivity index (χ4v) is 3.23. The number of methoxy groups -OCH3 is 1. The normalized spacial score (nSPS) is 21.1. The highest BCUT2D eigenvalue weighted by molar-refractivity contribution is 5.95. The molecule has 3 nitrogen and oxygen atoms in total. The van der Waals surface area contributed by atoms with Crippen molar-refractivity contribution < 1.29 is 4.74 Å². The lowest BCUT2D eigenvalue weighted by Gasteiger charge is -2.28. The van der Waals surface area contributed by atoms with Crippen molar-refractivity contribution in [1.82, 2.24) is 4.98 Å². The number of anilines is 1. The summed E-state index contributed by atoms with van der Waals surface area (Å²) in [5, 5.41) is 5.91. The number of hydrogen-bond donors (Lipinski definition) is 1. The molecule has 1 fully saturated rings. The van der Waals surface area contributed by atoms with Crippen LogP contribution in [0, 0.1) is 5.41 Å². The van der Waals surface area contributed by atoms with Crippen molar-refractivity contribution in [2.24, 2.45) is 5.41 Å². The molecule has 1 N–H and O–H groups in total. The maximum atomic E-state index is 5.44. The van der Waals surface area contributed by atoms with Gasteiger partial charge in [-0.05, 0) is 30.4 Å². The van der Waals surface area contributed by atoms with Gasteiger partial charge in [0.2, 0.25) is 0 Å². The van der Waals surface area contributed by atoms with Crippen LogP contribution in [0.4, 0.5) is 5.82 Å². The average molecular weight is 270 g/mol. The minimum absolute atomic E-state index is 0.336. The summed E-state index contributed by atoms with van der Waals surface area (Å²) in [4.78, 5) is 4.54. The van der Waals surface area contributed by atoms with Crippen molar-refractivity contribution in [2.75, 3.05) is 12.4 Å². The molecule has 1 aromatic heterocycles. The first-order chi connectivity index (χ1) is 9.62. The summed E-state index contributed by atoms with van der Waals surface area (Å²) in [5.74, 6) is 1.88. The molecule has 1 aliphatic rings. The van der Waals surface area contributed by atoms with Crippen molar-refractivity contribution in [1.29, 1.82) is 0 Å². The molecule has 1 heterocycles. The highest BCUT2D eigenvalue weighted by Gasteiger charge is 2.34. The Hall–Kier alpha value is -1.77. The van der Waals surface area contributed by atoms with Gasteiger partial charge in [0.15, 0.2) is 0 Å². The van der Waals surface area contributed by atoms with Crippen LogP contribution < -0.4 is 10.1 Å². The van der Waals surface area contributed by atoms with E-state index in [0.717, 1.165) is 22.3 Å². The van der Waals surface area contributed by atoms with Crippen LogP contribution in [0.25, 0.3) is 10.8 Å². The van der Waals surface area contributed by atoms with E-state index in [9.17, 15) is 0 Å². The number of ether oxygens (including phenoxy) is 1. The van der Waals surface area contributed by atoms with E-state index in [1.54, 1.807) is 7.11 Å². The van der Waals surface area contributed by atoms with E-state index < -0.39 is 0 Å². The summed E-state index contributed by atoms with van der Waals surface area (Å²) in [6.45, 7) is 4.67. The Morgan fingerprint density at radius 3 is 2.80 bits per heavy atom. The van der Waals surface area contributed by atoms with Crippen LogP contribution in [-0.4, -0.2) is 18.1 Å². The molecule has 1 unspecified atom stereocenters. The van der Waals surface area contributed by atoms with Crippen LogP contribution in [0.1, 0.15) is 33.1 Å². The Balaban J connectivity index is 2.00. The fraction of sp³-hybridized carbons (Fsp3) is 0.471. The van der Waals surface area contributed by atoms with Crippen LogP contribution in [-0.2, 0) is 0 Å². The zero-order chi connectivity index (χ0) is 14.2. The third-order valence-electron chi connectivity index (χ3n) is 4.55. The first-order valence-electron chi connectivity index (χ1n) is 7.30. The predicted molar refractivity (Wildman–Crippen MR) is 83.3 cm³/mol. The zero-order valence-corrected chi connectivity index (χ0v) is 12.4. The number of hydrogen-bond acceptors (Lipinski definition) is 3. The Morgan fingerprint density at radius 2 is 2.10 bits per heavy atom. The standard InChI is InChI=1S/C17H22N2O/c1-17(2)10-5-8-15(17)19-16-13-6-4-7-14(20-3)12(13)9-11-18-16/h4,6-7,9,11,15H,5,8,10H2,1-3H3,(H,18,19). The summed E-state index contributed by atoms with van der Waals surface area (Å²) >= 11 is 0. The number of benzene rings is 1. The zero-order valence-electron chi connectivity index (χ0n) is 12.4. The van der Waals surface area contributed by atoms with Crippen LogP contribution in [0.15, 0.2) is 30.5 Å². The van der Waals surface area contributed by atoms with E-state index in [4.69, 9.17) is 4.74 Å². The molecule has 1 aromatic carbocycles. The van der Waals surface area contributed by atoms with Crippen molar-refractivity contribution in [3.63, 3.8) is 0 Å². The first kappa shape index (κ1) is 13.2. The van der Waals surface area contributed by atoms with Gasteiger partial charge in [0.25, 0.3) is 0 Å². The summed E-state index contributed by atoms with van der Waals surface area (Å²) < 4.78 is 5.44. The maximum absolute atomic E-state index is 5.44. The third kappa shape index (κ3) is 2.21. The Labute approximate surface area is 120 Å². The molecular weight excluding hydrogens is 248 g/mol. The second-order valence-corrected chi connectivity index (χ2v) is 6.29. The van der Waals surface area contributed by atoms with Gasteiger partial charge in [-0.25, -0.2) is 4.98 Å². The third-order valence-corrected chi connectivity index (χ3v) is 4.55. The van der Waals surface area contributed by atoms with E-state index in [1.165, 1.54) is 19.3 Å². The molecule has 1 aliphatic carbocycles. The van der Waals surface area contributed by atoms with Gasteiger partial charge in [0, 0.05) is 23.0 Å². The quantitative estimate of drug-likeness (QED) is 0.906. The topological polar surface area (TPSA) is 34.1 Å². The summed E-state index contributed by atoms with van der Waals surface area (Å²) in [6, 6.07) is 8.63. The van der Waals surface area contributed by atoms with Crippen LogP contribution in [0.3, 0.4) is 0 Å². The van der Waals surface area contributed by atoms with E-state index in [1.807, 2.05) is 24.4 Å². The Morgan fingerprint density at radius 1 is 1.25 bits per heavy atom. The van der Waals surface area contributed by atoms with Crippen molar-refractivity contribution in [2.45, 2.75) is 39.2 Å². The van der Waals surface area contributed by atoms with Gasteiger partial charge in [-0.1, -0.05) is 32.4 Å². The minimum Gasteiger partial charge on any atom is -0.496 e. The largest absolute Gasteiger partial charge is 0.496 e.